The molecule has 0 fully saturated rings. The zero-order chi connectivity index (χ0) is 36.2. The molecule has 16 nitrogen and oxygen atoms in total. The molecular formula is C33H61NO15Si. The van der Waals surface area contributed by atoms with Crippen LogP contribution >= 0.6 is 0 Å². The number of nitro benzene ring substituents is 1. The molecule has 0 aromatic heterocycles. The van der Waals surface area contributed by atoms with Crippen molar-refractivity contribution >= 4 is 14.0 Å². The fourth-order valence-corrected chi connectivity index (χ4v) is 4.29. The van der Waals surface area contributed by atoms with Gasteiger partial charge in [0, 0.05) is 12.1 Å². The van der Waals surface area contributed by atoms with E-state index >= 15 is 0 Å². The summed E-state index contributed by atoms with van der Waals surface area (Å²) in [6.45, 7) is 18.3. The van der Waals surface area contributed by atoms with Gasteiger partial charge in [0.05, 0.1) is 157 Å². The van der Waals surface area contributed by atoms with Crippen LogP contribution in [0.2, 0.25) is 19.6 Å². The van der Waals surface area contributed by atoms with E-state index in [2.05, 4.69) is 19.6 Å². The topological polar surface area (TPSA) is 163 Å². The number of nitro groups is 1. The third-order valence-corrected chi connectivity index (χ3v) is 7.10. The Kier molecular flexibility index (Phi) is 31.6. The van der Waals surface area contributed by atoms with Gasteiger partial charge in [-0.25, -0.2) is 0 Å². The molecule has 0 atom stereocenters. The number of nitrogens with zero attached hydrogens (tertiary/aromatic N) is 1. The molecule has 0 spiro atoms. The molecule has 17 heteroatoms. The Labute approximate surface area is 298 Å². The zero-order valence-corrected chi connectivity index (χ0v) is 31.4. The van der Waals surface area contributed by atoms with E-state index in [9.17, 15) is 10.1 Å². The standard InChI is InChI=1S/C33H61NO15Si/c1-50(2,3)49-31-29-47-27-25-45-23-21-43-19-17-41-15-13-39-11-9-37-8-10-38-12-14-40-16-18-42-20-22-44-24-26-46-28-30-48-33-6-4-32(5-7-33)34(35)36/h4-7H,8-31H2,1-3H3. The molecule has 1 rings (SSSR count). The molecule has 0 aliphatic rings. The van der Waals surface area contributed by atoms with Crippen LogP contribution in [0.4, 0.5) is 5.69 Å². The van der Waals surface area contributed by atoms with Crippen molar-refractivity contribution < 1.29 is 66.2 Å². The van der Waals surface area contributed by atoms with Crippen molar-refractivity contribution in [1.29, 1.82) is 0 Å². The summed E-state index contributed by atoms with van der Waals surface area (Å²) < 4.78 is 71.3. The number of non-ortho nitro benzene ring substituents is 1. The highest BCUT2D eigenvalue weighted by molar-refractivity contribution is 6.69. The molecule has 50 heavy (non-hydrogen) atoms. The van der Waals surface area contributed by atoms with Crippen LogP contribution in [0.5, 0.6) is 5.75 Å². The summed E-state index contributed by atoms with van der Waals surface area (Å²) in [6.07, 6.45) is 0. The number of hydrogen-bond donors (Lipinski definition) is 0. The molecule has 0 radical (unpaired) electrons. The van der Waals surface area contributed by atoms with Crippen molar-refractivity contribution in [3.63, 3.8) is 0 Å². The van der Waals surface area contributed by atoms with E-state index < -0.39 is 13.2 Å². The summed E-state index contributed by atoms with van der Waals surface area (Å²) >= 11 is 0. The van der Waals surface area contributed by atoms with E-state index in [-0.39, 0.29) is 5.69 Å². The van der Waals surface area contributed by atoms with E-state index in [0.717, 1.165) is 0 Å². The maximum absolute atomic E-state index is 10.6. The van der Waals surface area contributed by atoms with Crippen LogP contribution in [0.1, 0.15) is 0 Å². The molecule has 1 aromatic carbocycles. The lowest BCUT2D eigenvalue weighted by Crippen LogP contribution is -2.27. The lowest BCUT2D eigenvalue weighted by Gasteiger charge is -2.16. The molecular weight excluding hydrogens is 678 g/mol. The van der Waals surface area contributed by atoms with Gasteiger partial charge in [-0.1, -0.05) is 0 Å². The molecule has 0 unspecified atom stereocenters. The van der Waals surface area contributed by atoms with E-state index in [4.69, 9.17) is 61.3 Å². The maximum atomic E-state index is 10.6. The summed E-state index contributed by atoms with van der Waals surface area (Å²) in [5.74, 6) is 0.555. The van der Waals surface area contributed by atoms with Gasteiger partial charge in [-0.05, 0) is 31.8 Å². The third kappa shape index (κ3) is 33.3. The van der Waals surface area contributed by atoms with Gasteiger partial charge in [0.1, 0.15) is 12.4 Å². The van der Waals surface area contributed by atoms with E-state index in [1.807, 2.05) is 0 Å². The van der Waals surface area contributed by atoms with Crippen LogP contribution in [0.3, 0.4) is 0 Å². The SMILES string of the molecule is C[Si](C)(C)OCCOCCOCCOCCOCCOCCOCCOCCOCCOCCOCCOCCOc1ccc([N+](=O)[O-])cc1. The molecule has 0 saturated heterocycles. The highest BCUT2D eigenvalue weighted by Gasteiger charge is 2.13. The highest BCUT2D eigenvalue weighted by atomic mass is 28.4. The van der Waals surface area contributed by atoms with Gasteiger partial charge in [0.15, 0.2) is 8.32 Å². The molecule has 1 aromatic rings. The summed E-state index contributed by atoms with van der Waals surface area (Å²) in [7, 11) is -1.46. The number of ether oxygens (including phenoxy) is 12. The number of hydrogen-bond acceptors (Lipinski definition) is 15. The van der Waals surface area contributed by atoms with Gasteiger partial charge in [-0.2, -0.15) is 0 Å². The van der Waals surface area contributed by atoms with Gasteiger partial charge in [0.2, 0.25) is 0 Å². The van der Waals surface area contributed by atoms with E-state index in [1.165, 1.54) is 12.1 Å². The second-order valence-corrected chi connectivity index (χ2v) is 15.8. The predicted molar refractivity (Wildman–Crippen MR) is 187 cm³/mol. The van der Waals surface area contributed by atoms with Gasteiger partial charge in [-0.3, -0.25) is 10.1 Å². The van der Waals surface area contributed by atoms with Crippen molar-refractivity contribution in [2.45, 2.75) is 19.6 Å². The first-order valence-electron chi connectivity index (χ1n) is 17.2. The van der Waals surface area contributed by atoms with Crippen molar-refractivity contribution in [3.8, 4) is 5.75 Å². The molecule has 0 aliphatic carbocycles. The van der Waals surface area contributed by atoms with Crippen LogP contribution < -0.4 is 4.74 Å². The molecule has 0 bridgehead atoms. The Morgan fingerprint density at radius 2 is 0.660 bits per heavy atom. The second kappa shape index (κ2) is 34.3. The average Bonchev–Trinajstić information content (AvgIpc) is 3.09. The predicted octanol–water partition coefficient (Wildman–Crippen LogP) is 3.01. The largest absolute Gasteiger partial charge is 0.491 e. The minimum atomic E-state index is -1.46. The fraction of sp³-hybridized carbons (Fsp3) is 0.818. The highest BCUT2D eigenvalue weighted by Crippen LogP contribution is 2.17. The first kappa shape index (κ1) is 46.2. The van der Waals surface area contributed by atoms with Crippen molar-refractivity contribution in [1.82, 2.24) is 0 Å². The van der Waals surface area contributed by atoms with Crippen LogP contribution in [-0.2, 0) is 56.5 Å². The second-order valence-electron chi connectivity index (χ2n) is 11.3. The fourth-order valence-electron chi connectivity index (χ4n) is 3.59. The Balaban J connectivity index is 1.64. The first-order valence-corrected chi connectivity index (χ1v) is 20.7. The minimum Gasteiger partial charge on any atom is -0.491 e. The van der Waals surface area contributed by atoms with Crippen molar-refractivity contribution in [2.75, 3.05) is 159 Å². The average molecular weight is 740 g/mol. The van der Waals surface area contributed by atoms with E-state index in [1.54, 1.807) is 12.1 Å². The maximum Gasteiger partial charge on any atom is 0.269 e. The van der Waals surface area contributed by atoms with Gasteiger partial charge in [0.25, 0.3) is 5.69 Å². The Morgan fingerprint density at radius 3 is 0.900 bits per heavy atom. The summed E-state index contributed by atoms with van der Waals surface area (Å²) in [5, 5.41) is 10.6. The quantitative estimate of drug-likeness (QED) is 0.0419. The molecule has 0 heterocycles. The van der Waals surface area contributed by atoms with Crippen molar-refractivity contribution in [3.05, 3.63) is 34.4 Å². The van der Waals surface area contributed by atoms with Gasteiger partial charge >= 0.3 is 0 Å². The van der Waals surface area contributed by atoms with Crippen LogP contribution in [-0.4, -0.2) is 172 Å². The van der Waals surface area contributed by atoms with Crippen LogP contribution in [0.25, 0.3) is 0 Å². The first-order chi connectivity index (χ1) is 24.4. The molecule has 292 valence electrons. The van der Waals surface area contributed by atoms with E-state index in [0.29, 0.717) is 164 Å². The Morgan fingerprint density at radius 1 is 0.420 bits per heavy atom. The van der Waals surface area contributed by atoms with Crippen molar-refractivity contribution in [2.24, 2.45) is 0 Å². The smallest absolute Gasteiger partial charge is 0.269 e. The zero-order valence-electron chi connectivity index (χ0n) is 30.4. The lowest BCUT2D eigenvalue weighted by atomic mass is 10.3. The summed E-state index contributed by atoms with van der Waals surface area (Å²) in [4.78, 5) is 10.2. The molecule has 0 N–H and O–H groups in total. The van der Waals surface area contributed by atoms with Crippen LogP contribution in [0, 0.1) is 10.1 Å². The minimum absolute atomic E-state index is 0.0251. The number of benzene rings is 1. The lowest BCUT2D eigenvalue weighted by molar-refractivity contribution is -0.384. The monoisotopic (exact) mass is 739 g/mol. The van der Waals surface area contributed by atoms with Crippen LogP contribution in [0.15, 0.2) is 24.3 Å². The van der Waals surface area contributed by atoms with Gasteiger partial charge < -0.3 is 61.3 Å². The molecule has 0 saturated carbocycles. The Bertz CT molecular complexity index is 880. The summed E-state index contributed by atoms with van der Waals surface area (Å²) in [5.41, 5.74) is 0.0251. The van der Waals surface area contributed by atoms with Gasteiger partial charge in [-0.15, -0.1) is 0 Å². The Hall–Kier alpha value is -1.84. The summed E-state index contributed by atoms with van der Waals surface area (Å²) in [6, 6.07) is 5.91. The molecule has 0 amide bonds. The third-order valence-electron chi connectivity index (χ3n) is 6.03. The normalized spacial score (nSPS) is 11.7. The molecule has 0 aliphatic heterocycles. The number of rotatable bonds is 39.